The average Bonchev–Trinajstić information content (AvgIpc) is 3.02. The highest BCUT2D eigenvalue weighted by Crippen LogP contribution is 2.30. The summed E-state index contributed by atoms with van der Waals surface area (Å²) in [6, 6.07) is 7.44. The van der Waals surface area contributed by atoms with Crippen LogP contribution in [0.5, 0.6) is 5.75 Å². The molecule has 0 spiro atoms. The number of aromatic nitrogens is 2. The van der Waals surface area contributed by atoms with Crippen molar-refractivity contribution in [2.24, 2.45) is 0 Å². The second-order valence-corrected chi connectivity index (χ2v) is 6.44. The molecule has 1 aromatic carbocycles. The molecule has 1 aromatic heterocycles. The Kier molecular flexibility index (Phi) is 4.74. The lowest BCUT2D eigenvalue weighted by Crippen LogP contribution is -2.29. The Hall–Kier alpha value is -2.83. The summed E-state index contributed by atoms with van der Waals surface area (Å²) in [6.45, 7) is 6.01. The first-order valence-electron chi connectivity index (χ1n) is 8.32. The first-order valence-corrected chi connectivity index (χ1v) is 8.32. The first-order chi connectivity index (χ1) is 11.9. The second kappa shape index (κ2) is 6.96. The Morgan fingerprint density at radius 2 is 2.16 bits per heavy atom. The largest absolute Gasteiger partial charge is 0.482 e. The maximum Gasteiger partial charge on any atom is 0.262 e. The molecule has 1 aliphatic rings. The van der Waals surface area contributed by atoms with E-state index in [1.807, 2.05) is 49.8 Å². The number of hydrogen-bond donors (Lipinski definition) is 2. The van der Waals surface area contributed by atoms with Gasteiger partial charge in [-0.15, -0.1) is 0 Å². The summed E-state index contributed by atoms with van der Waals surface area (Å²) >= 11 is 0. The normalized spacial score (nSPS) is 14.5. The van der Waals surface area contributed by atoms with Crippen molar-refractivity contribution in [1.82, 2.24) is 15.1 Å². The van der Waals surface area contributed by atoms with E-state index in [4.69, 9.17) is 4.74 Å². The zero-order valence-electron chi connectivity index (χ0n) is 14.6. The van der Waals surface area contributed by atoms with Gasteiger partial charge in [-0.1, -0.05) is 6.07 Å². The lowest BCUT2D eigenvalue weighted by atomic mass is 10.1. The smallest absolute Gasteiger partial charge is 0.262 e. The van der Waals surface area contributed by atoms with E-state index >= 15 is 0 Å². The van der Waals surface area contributed by atoms with Crippen LogP contribution in [0.1, 0.15) is 44.1 Å². The van der Waals surface area contributed by atoms with Gasteiger partial charge in [-0.25, -0.2) is 0 Å². The predicted molar refractivity (Wildman–Crippen MR) is 93.4 cm³/mol. The standard InChI is InChI=1S/C18H22N4O3/c1-11(2)22-7-6-14(21-22)9-17(23)19-12(3)13-4-5-16-15(8-13)20-18(24)10-25-16/h4-8,11-12H,9-10H2,1-3H3,(H,19,23)(H,20,24)/t12-/m0/s1. The molecule has 0 fully saturated rings. The van der Waals surface area contributed by atoms with Gasteiger partial charge in [-0.2, -0.15) is 5.10 Å². The number of rotatable bonds is 5. The summed E-state index contributed by atoms with van der Waals surface area (Å²) in [5, 5.41) is 10.1. The molecule has 0 saturated carbocycles. The highest BCUT2D eigenvalue weighted by Gasteiger charge is 2.18. The Morgan fingerprint density at radius 3 is 2.88 bits per heavy atom. The van der Waals surface area contributed by atoms with Crippen molar-refractivity contribution in [3.63, 3.8) is 0 Å². The van der Waals surface area contributed by atoms with Crippen LogP contribution in [-0.4, -0.2) is 28.2 Å². The van der Waals surface area contributed by atoms with Crippen molar-refractivity contribution in [1.29, 1.82) is 0 Å². The molecule has 2 heterocycles. The SMILES string of the molecule is CC(C)n1ccc(CC(=O)N[C@@H](C)c2ccc3c(c2)NC(=O)CO3)n1. The summed E-state index contributed by atoms with van der Waals surface area (Å²) in [5.41, 5.74) is 2.26. The fourth-order valence-corrected chi connectivity index (χ4v) is 2.67. The van der Waals surface area contributed by atoms with Crippen LogP contribution in [-0.2, 0) is 16.0 Å². The van der Waals surface area contributed by atoms with Crippen molar-refractivity contribution in [2.75, 3.05) is 11.9 Å². The molecule has 0 aliphatic carbocycles. The van der Waals surface area contributed by atoms with Gasteiger partial charge in [0.15, 0.2) is 6.61 Å². The Labute approximate surface area is 146 Å². The van der Waals surface area contributed by atoms with Crippen LogP contribution in [0.15, 0.2) is 30.5 Å². The van der Waals surface area contributed by atoms with Gasteiger partial charge in [-0.05, 0) is 44.5 Å². The van der Waals surface area contributed by atoms with Crippen LogP contribution in [0, 0.1) is 0 Å². The molecule has 7 heteroatoms. The van der Waals surface area contributed by atoms with Gasteiger partial charge in [0.25, 0.3) is 5.91 Å². The molecule has 25 heavy (non-hydrogen) atoms. The minimum absolute atomic E-state index is 0.0294. The van der Waals surface area contributed by atoms with Gasteiger partial charge in [0.2, 0.25) is 5.91 Å². The predicted octanol–water partition coefficient (Wildman–Crippen LogP) is 2.21. The topological polar surface area (TPSA) is 85.2 Å². The summed E-state index contributed by atoms with van der Waals surface area (Å²) < 4.78 is 7.17. The molecule has 1 aliphatic heterocycles. The molecule has 1 atom stereocenters. The Bertz CT molecular complexity index is 797. The fourth-order valence-electron chi connectivity index (χ4n) is 2.67. The minimum Gasteiger partial charge on any atom is -0.482 e. The zero-order chi connectivity index (χ0) is 18.0. The average molecular weight is 342 g/mol. The zero-order valence-corrected chi connectivity index (χ0v) is 14.6. The highest BCUT2D eigenvalue weighted by molar-refractivity contribution is 5.95. The van der Waals surface area contributed by atoms with E-state index in [-0.39, 0.29) is 36.9 Å². The van der Waals surface area contributed by atoms with Crippen LogP contribution >= 0.6 is 0 Å². The molecule has 2 aromatic rings. The third-order valence-corrected chi connectivity index (χ3v) is 4.05. The Balaban J connectivity index is 1.63. The molecule has 2 N–H and O–H groups in total. The number of benzene rings is 1. The summed E-state index contributed by atoms with van der Waals surface area (Å²) in [5.74, 6) is 0.364. The number of amides is 2. The van der Waals surface area contributed by atoms with Crippen LogP contribution in [0.3, 0.4) is 0 Å². The van der Waals surface area contributed by atoms with E-state index in [0.29, 0.717) is 11.4 Å². The second-order valence-electron chi connectivity index (χ2n) is 6.44. The quantitative estimate of drug-likeness (QED) is 0.872. The molecule has 0 bridgehead atoms. The van der Waals surface area contributed by atoms with Gasteiger partial charge in [0.05, 0.1) is 23.8 Å². The molecule has 0 saturated heterocycles. The number of fused-ring (bicyclic) bond motifs is 1. The van der Waals surface area contributed by atoms with Crippen LogP contribution in [0.25, 0.3) is 0 Å². The third-order valence-electron chi connectivity index (χ3n) is 4.05. The molecule has 7 nitrogen and oxygen atoms in total. The van der Waals surface area contributed by atoms with E-state index in [1.165, 1.54) is 0 Å². The van der Waals surface area contributed by atoms with Crippen LogP contribution in [0.4, 0.5) is 5.69 Å². The number of nitrogens with zero attached hydrogens (tertiary/aromatic N) is 2. The number of hydrogen-bond acceptors (Lipinski definition) is 4. The van der Waals surface area contributed by atoms with E-state index in [0.717, 1.165) is 11.3 Å². The lowest BCUT2D eigenvalue weighted by molar-refractivity contribution is -0.121. The summed E-state index contributed by atoms with van der Waals surface area (Å²) in [7, 11) is 0. The van der Waals surface area contributed by atoms with E-state index < -0.39 is 0 Å². The molecular weight excluding hydrogens is 320 g/mol. The molecule has 3 rings (SSSR count). The molecule has 132 valence electrons. The summed E-state index contributed by atoms with van der Waals surface area (Å²) in [4.78, 5) is 23.7. The molecule has 0 unspecified atom stereocenters. The van der Waals surface area contributed by atoms with Crippen molar-refractivity contribution < 1.29 is 14.3 Å². The lowest BCUT2D eigenvalue weighted by Gasteiger charge is -2.21. The van der Waals surface area contributed by atoms with Crippen molar-refractivity contribution in [3.05, 3.63) is 41.7 Å². The van der Waals surface area contributed by atoms with Crippen molar-refractivity contribution in [3.8, 4) is 5.75 Å². The monoisotopic (exact) mass is 342 g/mol. The van der Waals surface area contributed by atoms with Gasteiger partial charge in [0, 0.05) is 12.2 Å². The number of carbonyl (C=O) groups excluding carboxylic acids is 2. The van der Waals surface area contributed by atoms with Gasteiger partial charge in [-0.3, -0.25) is 14.3 Å². The third kappa shape index (κ3) is 3.99. The Morgan fingerprint density at radius 1 is 1.36 bits per heavy atom. The van der Waals surface area contributed by atoms with Crippen LogP contribution in [0.2, 0.25) is 0 Å². The fraction of sp³-hybridized carbons (Fsp3) is 0.389. The minimum atomic E-state index is -0.191. The van der Waals surface area contributed by atoms with Crippen molar-refractivity contribution in [2.45, 2.75) is 39.3 Å². The van der Waals surface area contributed by atoms with Gasteiger partial charge >= 0.3 is 0 Å². The number of nitrogens with one attached hydrogen (secondary N) is 2. The van der Waals surface area contributed by atoms with Crippen molar-refractivity contribution >= 4 is 17.5 Å². The number of ether oxygens (including phenoxy) is 1. The van der Waals surface area contributed by atoms with Crippen LogP contribution < -0.4 is 15.4 Å². The molecule has 2 amide bonds. The molecule has 0 radical (unpaired) electrons. The summed E-state index contributed by atoms with van der Waals surface area (Å²) in [6.07, 6.45) is 2.11. The maximum absolute atomic E-state index is 12.3. The first kappa shape index (κ1) is 17.0. The van der Waals surface area contributed by atoms with E-state index in [2.05, 4.69) is 15.7 Å². The van der Waals surface area contributed by atoms with E-state index in [1.54, 1.807) is 6.07 Å². The van der Waals surface area contributed by atoms with E-state index in [9.17, 15) is 9.59 Å². The maximum atomic E-state index is 12.3. The molecular formula is C18H22N4O3. The van der Waals surface area contributed by atoms with Gasteiger partial charge < -0.3 is 15.4 Å². The highest BCUT2D eigenvalue weighted by atomic mass is 16.5. The number of anilines is 1. The number of carbonyl (C=O) groups is 2. The van der Waals surface area contributed by atoms with Gasteiger partial charge in [0.1, 0.15) is 5.75 Å².